The van der Waals surface area contributed by atoms with Gasteiger partial charge in [-0.05, 0) is 51.8 Å². The quantitative estimate of drug-likeness (QED) is 0.609. The number of carbonyl (C=O) groups excluding carboxylic acids is 1. The van der Waals surface area contributed by atoms with Gasteiger partial charge >= 0.3 is 0 Å². The van der Waals surface area contributed by atoms with Crippen LogP contribution < -0.4 is 14.9 Å². The number of nitriles is 1. The third kappa shape index (κ3) is 4.83. The van der Waals surface area contributed by atoms with Gasteiger partial charge in [-0.2, -0.15) is 10.4 Å². The number of benzene rings is 2. The number of para-hydroxylation sites is 1. The maximum Gasteiger partial charge on any atom is 0.277 e. The Labute approximate surface area is 147 Å². The van der Waals surface area contributed by atoms with Gasteiger partial charge in [-0.3, -0.25) is 4.79 Å². The van der Waals surface area contributed by atoms with E-state index in [-0.39, 0.29) is 6.61 Å². The fraction of sp³-hybridized carbons (Fsp3) is 0.118. The Morgan fingerprint density at radius 2 is 2.12 bits per heavy atom. The zero-order valence-corrected chi connectivity index (χ0v) is 14.4. The Bertz CT molecular complexity index is 800. The molecule has 0 bridgehead atoms. The molecule has 0 aromatic heterocycles. The van der Waals surface area contributed by atoms with E-state index in [4.69, 9.17) is 14.7 Å². The highest BCUT2D eigenvalue weighted by Crippen LogP contribution is 2.24. The fourth-order valence-corrected chi connectivity index (χ4v) is 2.36. The topological polar surface area (TPSA) is 83.7 Å². The molecule has 1 amide bonds. The molecule has 0 heterocycles. The molecule has 2 aromatic rings. The van der Waals surface area contributed by atoms with Gasteiger partial charge in [0.1, 0.15) is 17.6 Å². The first kappa shape index (κ1) is 17.5. The monoisotopic (exact) mass is 387 g/mol. The molecule has 2 aromatic carbocycles. The first-order chi connectivity index (χ1) is 11.6. The Morgan fingerprint density at radius 1 is 1.33 bits per heavy atom. The molecule has 0 aliphatic rings. The predicted molar refractivity (Wildman–Crippen MR) is 93.1 cm³/mol. The third-order valence-electron chi connectivity index (χ3n) is 2.94. The molecule has 122 valence electrons. The normalized spacial score (nSPS) is 10.2. The maximum atomic E-state index is 11.7. The molecule has 0 aliphatic carbocycles. The van der Waals surface area contributed by atoms with Gasteiger partial charge in [-0.15, -0.1) is 0 Å². The Balaban J connectivity index is 1.87. The van der Waals surface area contributed by atoms with Gasteiger partial charge in [0.15, 0.2) is 6.61 Å². The number of hydrogen-bond acceptors (Lipinski definition) is 5. The van der Waals surface area contributed by atoms with Crippen molar-refractivity contribution in [2.45, 2.75) is 0 Å². The number of hydrazone groups is 1. The second kappa shape index (κ2) is 8.70. The van der Waals surface area contributed by atoms with Gasteiger partial charge in [-0.25, -0.2) is 5.43 Å². The lowest BCUT2D eigenvalue weighted by molar-refractivity contribution is -0.123. The molecule has 6 nitrogen and oxygen atoms in total. The number of carbonyl (C=O) groups is 1. The minimum Gasteiger partial charge on any atom is -0.496 e. The molecule has 0 atom stereocenters. The van der Waals surface area contributed by atoms with E-state index in [1.165, 1.54) is 6.21 Å². The number of nitrogens with one attached hydrogen (secondary N) is 1. The van der Waals surface area contributed by atoms with Gasteiger partial charge < -0.3 is 9.47 Å². The average Bonchev–Trinajstić information content (AvgIpc) is 2.60. The van der Waals surface area contributed by atoms with E-state index in [9.17, 15) is 4.79 Å². The van der Waals surface area contributed by atoms with Gasteiger partial charge in [-0.1, -0.05) is 12.1 Å². The van der Waals surface area contributed by atoms with Gasteiger partial charge in [0.2, 0.25) is 0 Å². The molecule has 24 heavy (non-hydrogen) atoms. The van der Waals surface area contributed by atoms with Crippen LogP contribution in [0.3, 0.4) is 0 Å². The Kier molecular flexibility index (Phi) is 6.34. The van der Waals surface area contributed by atoms with Crippen LogP contribution in [0.15, 0.2) is 52.0 Å². The molecule has 0 spiro atoms. The van der Waals surface area contributed by atoms with Crippen molar-refractivity contribution in [2.24, 2.45) is 5.10 Å². The summed E-state index contributed by atoms with van der Waals surface area (Å²) in [5.41, 5.74) is 3.53. The highest BCUT2D eigenvalue weighted by atomic mass is 79.9. The van der Waals surface area contributed by atoms with Crippen molar-refractivity contribution in [1.82, 2.24) is 5.43 Å². The maximum absolute atomic E-state index is 11.7. The van der Waals surface area contributed by atoms with Crippen LogP contribution >= 0.6 is 15.9 Å². The van der Waals surface area contributed by atoms with Crippen LogP contribution in [-0.4, -0.2) is 25.8 Å². The van der Waals surface area contributed by atoms with Crippen LogP contribution in [0.25, 0.3) is 0 Å². The number of amides is 1. The first-order valence-electron chi connectivity index (χ1n) is 6.91. The zero-order chi connectivity index (χ0) is 17.4. The van der Waals surface area contributed by atoms with E-state index in [0.717, 1.165) is 10.0 Å². The Morgan fingerprint density at radius 3 is 2.83 bits per heavy atom. The van der Waals surface area contributed by atoms with Crippen molar-refractivity contribution in [3.05, 3.63) is 58.1 Å². The molecule has 0 unspecified atom stereocenters. The minimum atomic E-state index is -0.424. The summed E-state index contributed by atoms with van der Waals surface area (Å²) in [5.74, 6) is 0.644. The molecule has 7 heteroatoms. The SMILES string of the molecule is COc1ccc(/C=N/NC(=O)COc2ccccc2C#N)cc1Br. The average molecular weight is 388 g/mol. The highest BCUT2D eigenvalue weighted by Gasteiger charge is 2.05. The summed E-state index contributed by atoms with van der Waals surface area (Å²) in [6.07, 6.45) is 1.51. The summed E-state index contributed by atoms with van der Waals surface area (Å²) < 4.78 is 11.2. The van der Waals surface area contributed by atoms with Gasteiger partial charge in [0, 0.05) is 0 Å². The number of rotatable bonds is 6. The predicted octanol–water partition coefficient (Wildman–Crippen LogP) is 2.86. The lowest BCUT2D eigenvalue weighted by Gasteiger charge is -2.06. The molecule has 0 saturated carbocycles. The Hall–Kier alpha value is -2.85. The number of hydrogen-bond donors (Lipinski definition) is 1. The summed E-state index contributed by atoms with van der Waals surface area (Å²) in [6.45, 7) is -0.234. The van der Waals surface area contributed by atoms with E-state index in [2.05, 4.69) is 26.5 Å². The third-order valence-corrected chi connectivity index (χ3v) is 3.56. The van der Waals surface area contributed by atoms with Crippen molar-refractivity contribution in [3.63, 3.8) is 0 Å². The lowest BCUT2D eigenvalue weighted by Crippen LogP contribution is -2.24. The smallest absolute Gasteiger partial charge is 0.277 e. The molecular weight excluding hydrogens is 374 g/mol. The lowest BCUT2D eigenvalue weighted by atomic mass is 10.2. The van der Waals surface area contributed by atoms with Crippen molar-refractivity contribution >= 4 is 28.1 Å². The summed E-state index contributed by atoms with van der Waals surface area (Å²) in [5, 5.41) is 12.8. The van der Waals surface area contributed by atoms with Crippen molar-refractivity contribution in [2.75, 3.05) is 13.7 Å². The van der Waals surface area contributed by atoms with Crippen molar-refractivity contribution in [1.29, 1.82) is 5.26 Å². The number of nitrogens with zero attached hydrogens (tertiary/aromatic N) is 2. The number of ether oxygens (including phenoxy) is 2. The van der Waals surface area contributed by atoms with Crippen LogP contribution in [0.1, 0.15) is 11.1 Å². The molecular formula is C17H14BrN3O3. The number of halogens is 1. The molecule has 1 N–H and O–H groups in total. The summed E-state index contributed by atoms with van der Waals surface area (Å²) in [6, 6.07) is 14.1. The molecule has 2 rings (SSSR count). The van der Waals surface area contributed by atoms with Crippen LogP contribution in [0, 0.1) is 11.3 Å². The van der Waals surface area contributed by atoms with E-state index in [1.54, 1.807) is 43.5 Å². The first-order valence-corrected chi connectivity index (χ1v) is 7.70. The zero-order valence-electron chi connectivity index (χ0n) is 12.8. The minimum absolute atomic E-state index is 0.234. The number of methoxy groups -OCH3 is 1. The molecule has 0 aliphatic heterocycles. The van der Waals surface area contributed by atoms with Gasteiger partial charge in [0.25, 0.3) is 5.91 Å². The summed E-state index contributed by atoms with van der Waals surface area (Å²) >= 11 is 3.37. The summed E-state index contributed by atoms with van der Waals surface area (Å²) in [7, 11) is 1.58. The van der Waals surface area contributed by atoms with Crippen LogP contribution in [0.4, 0.5) is 0 Å². The van der Waals surface area contributed by atoms with E-state index >= 15 is 0 Å². The van der Waals surface area contributed by atoms with E-state index in [0.29, 0.717) is 17.1 Å². The molecule has 0 fully saturated rings. The van der Waals surface area contributed by atoms with Crippen molar-refractivity contribution in [3.8, 4) is 17.6 Å². The molecule has 0 saturated heterocycles. The van der Waals surface area contributed by atoms with Crippen LogP contribution in [0.2, 0.25) is 0 Å². The van der Waals surface area contributed by atoms with E-state index in [1.807, 2.05) is 12.1 Å². The highest BCUT2D eigenvalue weighted by molar-refractivity contribution is 9.10. The van der Waals surface area contributed by atoms with Crippen molar-refractivity contribution < 1.29 is 14.3 Å². The second-order valence-corrected chi connectivity index (χ2v) is 5.44. The van der Waals surface area contributed by atoms with Crippen LogP contribution in [-0.2, 0) is 4.79 Å². The van der Waals surface area contributed by atoms with Gasteiger partial charge in [0.05, 0.1) is 23.4 Å². The van der Waals surface area contributed by atoms with E-state index < -0.39 is 5.91 Å². The second-order valence-electron chi connectivity index (χ2n) is 4.58. The summed E-state index contributed by atoms with van der Waals surface area (Å²) in [4.78, 5) is 11.7. The largest absolute Gasteiger partial charge is 0.496 e. The van der Waals surface area contributed by atoms with Crippen LogP contribution in [0.5, 0.6) is 11.5 Å². The molecule has 0 radical (unpaired) electrons. The standard InChI is InChI=1S/C17H14BrN3O3/c1-23-16-7-6-12(8-14(16)18)10-20-21-17(22)11-24-15-5-3-2-4-13(15)9-19/h2-8,10H,11H2,1H3,(H,21,22)/b20-10+. The fourth-order valence-electron chi connectivity index (χ4n) is 1.80.